The number of nitrogens with zero attached hydrogens (tertiary/aromatic N) is 2. The third-order valence-corrected chi connectivity index (χ3v) is 6.99. The largest absolute Gasteiger partial charge is 0.508 e. The van der Waals surface area contributed by atoms with E-state index < -0.39 is 0 Å². The first-order valence-electron chi connectivity index (χ1n) is 11.9. The predicted molar refractivity (Wildman–Crippen MR) is 142 cm³/mol. The van der Waals surface area contributed by atoms with Crippen molar-refractivity contribution in [1.82, 2.24) is 0 Å². The fourth-order valence-electron chi connectivity index (χ4n) is 4.81. The van der Waals surface area contributed by atoms with Crippen LogP contribution in [-0.4, -0.2) is 24.6 Å². The van der Waals surface area contributed by atoms with E-state index in [1.54, 1.807) is 17.0 Å². The van der Waals surface area contributed by atoms with Crippen molar-refractivity contribution in [2.75, 3.05) is 23.4 Å². The number of hydrogen-bond donors (Lipinski definition) is 1. The van der Waals surface area contributed by atoms with Crippen molar-refractivity contribution in [3.63, 3.8) is 0 Å². The molecule has 1 aliphatic heterocycles. The van der Waals surface area contributed by atoms with Crippen LogP contribution < -0.4 is 9.80 Å². The van der Waals surface area contributed by atoms with Gasteiger partial charge in [0, 0.05) is 24.3 Å². The van der Waals surface area contributed by atoms with E-state index in [-0.39, 0.29) is 17.6 Å². The number of carbonyl (C=O) groups excluding carboxylic acids is 1. The average molecular weight is 477 g/mol. The summed E-state index contributed by atoms with van der Waals surface area (Å²) in [6, 6.07) is 19.5. The second-order valence-corrected chi connectivity index (χ2v) is 10.3. The molecule has 1 amide bonds. The molecule has 5 heteroatoms. The maximum absolute atomic E-state index is 13.8. The average Bonchev–Trinajstić information content (AvgIpc) is 2.90. The third-order valence-electron chi connectivity index (χ3n) is 6.76. The summed E-state index contributed by atoms with van der Waals surface area (Å²) < 4.78 is 0. The molecule has 1 N–H and O–H groups in total. The minimum atomic E-state index is -0.245. The Labute approximate surface area is 207 Å². The fourth-order valence-corrected chi connectivity index (χ4v) is 4.97. The van der Waals surface area contributed by atoms with Gasteiger partial charge in [-0.25, -0.2) is 0 Å². The molecule has 4 nitrogen and oxygen atoms in total. The summed E-state index contributed by atoms with van der Waals surface area (Å²) in [5.41, 5.74) is 6.44. The van der Waals surface area contributed by atoms with E-state index in [4.69, 9.17) is 11.6 Å². The lowest BCUT2D eigenvalue weighted by molar-refractivity contribution is -0.121. The highest BCUT2D eigenvalue weighted by molar-refractivity contribution is 6.31. The molecule has 1 aliphatic rings. The van der Waals surface area contributed by atoms with Gasteiger partial charge in [0.25, 0.3) is 0 Å². The Hall–Kier alpha value is -2.98. The summed E-state index contributed by atoms with van der Waals surface area (Å²) >= 11 is 6.39. The molecule has 0 saturated heterocycles. The highest BCUT2D eigenvalue weighted by Crippen LogP contribution is 2.41. The SMILES string of the molecule is CC(C)c1ccc(C(C)C)c(CC2CN(c3ccc(O)cc3)c3cc(Cl)ccc3N(C)C2=O)c1. The smallest absolute Gasteiger partial charge is 0.232 e. The summed E-state index contributed by atoms with van der Waals surface area (Å²) in [6.45, 7) is 9.33. The number of aromatic hydroxyl groups is 1. The molecule has 0 radical (unpaired) electrons. The zero-order valence-electron chi connectivity index (χ0n) is 20.5. The van der Waals surface area contributed by atoms with Gasteiger partial charge in [-0.15, -0.1) is 0 Å². The van der Waals surface area contributed by atoms with Crippen LogP contribution >= 0.6 is 11.6 Å². The fraction of sp³-hybridized carbons (Fsp3) is 0.345. The van der Waals surface area contributed by atoms with Gasteiger partial charge in [-0.1, -0.05) is 57.5 Å². The molecule has 0 saturated carbocycles. The molecule has 178 valence electrons. The zero-order valence-corrected chi connectivity index (χ0v) is 21.3. The van der Waals surface area contributed by atoms with E-state index >= 15 is 0 Å². The van der Waals surface area contributed by atoms with Crippen molar-refractivity contribution < 1.29 is 9.90 Å². The van der Waals surface area contributed by atoms with Crippen molar-refractivity contribution in [2.45, 2.75) is 46.0 Å². The highest BCUT2D eigenvalue weighted by atomic mass is 35.5. The number of amides is 1. The Kier molecular flexibility index (Phi) is 6.90. The Bertz CT molecular complexity index is 1190. The van der Waals surface area contributed by atoms with Crippen molar-refractivity contribution in [3.05, 3.63) is 82.4 Å². The van der Waals surface area contributed by atoms with Crippen molar-refractivity contribution in [3.8, 4) is 5.75 Å². The lowest BCUT2D eigenvalue weighted by Crippen LogP contribution is -2.36. The molecule has 0 fully saturated rings. The Morgan fingerprint density at radius 2 is 1.65 bits per heavy atom. The van der Waals surface area contributed by atoms with Gasteiger partial charge in [0.1, 0.15) is 5.75 Å². The van der Waals surface area contributed by atoms with Crippen LogP contribution in [0.4, 0.5) is 17.1 Å². The number of anilines is 3. The van der Waals surface area contributed by atoms with Crippen molar-refractivity contribution in [2.24, 2.45) is 5.92 Å². The van der Waals surface area contributed by atoms with Crippen LogP contribution in [0.2, 0.25) is 5.02 Å². The molecule has 0 spiro atoms. The van der Waals surface area contributed by atoms with Crippen molar-refractivity contribution in [1.29, 1.82) is 0 Å². The van der Waals surface area contributed by atoms with Gasteiger partial charge in [0.15, 0.2) is 0 Å². The van der Waals surface area contributed by atoms with Crippen LogP contribution in [0.15, 0.2) is 60.7 Å². The lowest BCUT2D eigenvalue weighted by atomic mass is 9.87. The molecule has 0 bridgehead atoms. The number of rotatable bonds is 5. The first-order valence-corrected chi connectivity index (χ1v) is 12.3. The quantitative estimate of drug-likeness (QED) is 0.421. The van der Waals surface area contributed by atoms with Gasteiger partial charge in [0.2, 0.25) is 5.91 Å². The normalized spacial score (nSPS) is 16.2. The molecule has 1 heterocycles. The molecule has 0 aromatic heterocycles. The van der Waals surface area contributed by atoms with Crippen LogP contribution in [0, 0.1) is 5.92 Å². The van der Waals surface area contributed by atoms with Gasteiger partial charge in [-0.05, 0) is 77.4 Å². The standard InChI is InChI=1S/C29H33ClN2O2/c1-18(2)20-6-12-26(19(3)4)21(14-20)15-22-17-32(24-8-10-25(33)11-9-24)28-16-23(30)7-13-27(28)31(5)29(22)34/h6-14,16,18-19,22,33H,15,17H2,1-5H3. The number of halogens is 1. The summed E-state index contributed by atoms with van der Waals surface area (Å²) in [6.07, 6.45) is 0.660. The van der Waals surface area contributed by atoms with Gasteiger partial charge >= 0.3 is 0 Å². The monoisotopic (exact) mass is 476 g/mol. The molecule has 3 aromatic rings. The predicted octanol–water partition coefficient (Wildman–Crippen LogP) is 7.27. The van der Waals surface area contributed by atoms with Crippen molar-refractivity contribution >= 4 is 34.6 Å². The van der Waals surface area contributed by atoms with E-state index in [1.165, 1.54) is 16.7 Å². The lowest BCUT2D eigenvalue weighted by Gasteiger charge is -2.27. The number of hydrogen-bond acceptors (Lipinski definition) is 3. The molecular weight excluding hydrogens is 444 g/mol. The molecule has 1 atom stereocenters. The van der Waals surface area contributed by atoms with Gasteiger partial charge in [-0.2, -0.15) is 0 Å². The highest BCUT2D eigenvalue weighted by Gasteiger charge is 2.33. The van der Waals surface area contributed by atoms with E-state index in [1.807, 2.05) is 37.4 Å². The van der Waals surface area contributed by atoms with Crippen LogP contribution in [-0.2, 0) is 11.2 Å². The molecule has 1 unspecified atom stereocenters. The van der Waals surface area contributed by atoms with E-state index in [2.05, 4.69) is 50.8 Å². The first kappa shape index (κ1) is 24.2. The summed E-state index contributed by atoms with van der Waals surface area (Å²) in [5, 5.41) is 10.5. The minimum absolute atomic E-state index is 0.0921. The summed E-state index contributed by atoms with van der Waals surface area (Å²) in [7, 11) is 1.84. The molecule has 3 aromatic carbocycles. The number of fused-ring (bicyclic) bond motifs is 1. The zero-order chi connectivity index (χ0) is 24.6. The van der Waals surface area contributed by atoms with E-state index in [0.717, 1.165) is 17.1 Å². The molecule has 34 heavy (non-hydrogen) atoms. The number of benzene rings is 3. The Balaban J connectivity index is 1.80. The third kappa shape index (κ3) is 4.78. The van der Waals surface area contributed by atoms with E-state index in [9.17, 15) is 9.90 Å². The van der Waals surface area contributed by atoms with Crippen LogP contribution in [0.3, 0.4) is 0 Å². The second kappa shape index (κ2) is 9.71. The summed E-state index contributed by atoms with van der Waals surface area (Å²) in [5.74, 6) is 0.854. The Morgan fingerprint density at radius 1 is 0.941 bits per heavy atom. The van der Waals surface area contributed by atoms with Gasteiger partial charge < -0.3 is 14.9 Å². The number of phenolic OH excluding ortho intramolecular Hbond substituents is 1. The minimum Gasteiger partial charge on any atom is -0.508 e. The van der Waals surface area contributed by atoms with Crippen LogP contribution in [0.25, 0.3) is 0 Å². The second-order valence-electron chi connectivity index (χ2n) is 9.83. The molecule has 0 aliphatic carbocycles. The number of carbonyl (C=O) groups is 1. The van der Waals surface area contributed by atoms with Crippen LogP contribution in [0.1, 0.15) is 56.2 Å². The maximum Gasteiger partial charge on any atom is 0.232 e. The Morgan fingerprint density at radius 3 is 2.29 bits per heavy atom. The van der Waals surface area contributed by atoms with Gasteiger partial charge in [-0.3, -0.25) is 4.79 Å². The van der Waals surface area contributed by atoms with Gasteiger partial charge in [0.05, 0.1) is 17.3 Å². The van der Waals surface area contributed by atoms with Crippen LogP contribution in [0.5, 0.6) is 5.75 Å². The summed E-state index contributed by atoms with van der Waals surface area (Å²) in [4.78, 5) is 17.7. The molecular formula is C29H33ClN2O2. The van der Waals surface area contributed by atoms with E-state index in [0.29, 0.717) is 29.8 Å². The molecule has 4 rings (SSSR count). The first-order chi connectivity index (χ1) is 16.2. The topological polar surface area (TPSA) is 43.8 Å². The number of phenols is 1. The maximum atomic E-state index is 13.8.